The van der Waals surface area contributed by atoms with Gasteiger partial charge in [-0.25, -0.2) is 0 Å². The molecule has 1 N–H and O–H groups in total. The van der Waals surface area contributed by atoms with E-state index in [2.05, 4.69) is 17.5 Å². The molecule has 3 nitrogen and oxygen atoms in total. The Hall–Kier alpha value is -1.82. The first kappa shape index (κ1) is 14.2. The summed E-state index contributed by atoms with van der Waals surface area (Å²) in [6.07, 6.45) is 1.74. The van der Waals surface area contributed by atoms with Gasteiger partial charge in [-0.2, -0.15) is 5.26 Å². The van der Waals surface area contributed by atoms with Gasteiger partial charge in [0.15, 0.2) is 0 Å². The number of hydrogen-bond donors (Lipinski definition) is 1. The summed E-state index contributed by atoms with van der Waals surface area (Å²) < 4.78 is 0. The highest BCUT2D eigenvalue weighted by molar-refractivity contribution is 5.77. The molecule has 0 aromatic heterocycles. The Morgan fingerprint density at radius 1 is 1.50 bits per heavy atom. The fourth-order valence-corrected chi connectivity index (χ4v) is 1.69. The Labute approximate surface area is 109 Å². The van der Waals surface area contributed by atoms with Crippen LogP contribution in [0.5, 0.6) is 0 Å². The highest BCUT2D eigenvalue weighted by Crippen LogP contribution is 2.10. The molecule has 1 atom stereocenters. The first-order valence-electron chi connectivity index (χ1n) is 6.27. The summed E-state index contributed by atoms with van der Waals surface area (Å²) in [5, 5.41) is 11.8. The van der Waals surface area contributed by atoms with Gasteiger partial charge < -0.3 is 5.32 Å². The molecule has 0 radical (unpaired) electrons. The molecule has 96 valence electrons. The van der Waals surface area contributed by atoms with Crippen molar-refractivity contribution in [2.45, 2.75) is 45.6 Å². The number of nitriles is 1. The molecule has 0 saturated carbocycles. The van der Waals surface area contributed by atoms with Crippen LogP contribution < -0.4 is 5.32 Å². The van der Waals surface area contributed by atoms with Gasteiger partial charge in [0.05, 0.1) is 6.07 Å². The average Bonchev–Trinajstić information content (AvgIpc) is 2.36. The molecule has 18 heavy (non-hydrogen) atoms. The molecule has 0 saturated heterocycles. The maximum atomic E-state index is 11.8. The van der Waals surface area contributed by atoms with E-state index in [0.717, 1.165) is 5.56 Å². The van der Waals surface area contributed by atoms with Gasteiger partial charge in [0.25, 0.3) is 0 Å². The minimum atomic E-state index is -0.746. The van der Waals surface area contributed by atoms with Gasteiger partial charge in [-0.3, -0.25) is 4.79 Å². The zero-order chi connectivity index (χ0) is 13.6. The Kier molecular flexibility index (Phi) is 4.91. The van der Waals surface area contributed by atoms with Crippen LogP contribution in [0.15, 0.2) is 24.3 Å². The van der Waals surface area contributed by atoms with Gasteiger partial charge in [0.2, 0.25) is 5.91 Å². The Bertz CT molecular complexity index is 462. The van der Waals surface area contributed by atoms with Crippen LogP contribution in [0.2, 0.25) is 0 Å². The predicted octanol–water partition coefficient (Wildman–Crippen LogP) is 2.74. The second kappa shape index (κ2) is 6.20. The van der Waals surface area contributed by atoms with Crippen molar-refractivity contribution in [3.05, 3.63) is 35.4 Å². The monoisotopic (exact) mass is 244 g/mol. The quantitative estimate of drug-likeness (QED) is 0.865. The lowest BCUT2D eigenvalue weighted by atomic mass is 10.0. The van der Waals surface area contributed by atoms with Crippen molar-refractivity contribution in [2.75, 3.05) is 0 Å². The molecule has 1 rings (SSSR count). The van der Waals surface area contributed by atoms with Crippen LogP contribution in [0.4, 0.5) is 0 Å². The molecule has 1 aromatic rings. The molecule has 0 bridgehead atoms. The van der Waals surface area contributed by atoms with E-state index in [1.807, 2.05) is 32.0 Å². The lowest BCUT2D eigenvalue weighted by Crippen LogP contribution is -2.44. The molecule has 0 aliphatic rings. The van der Waals surface area contributed by atoms with Crippen LogP contribution in [-0.4, -0.2) is 11.4 Å². The Morgan fingerprint density at radius 3 is 2.78 bits per heavy atom. The lowest BCUT2D eigenvalue weighted by Gasteiger charge is -2.21. The Balaban J connectivity index is 2.50. The molecule has 0 fully saturated rings. The molecule has 0 heterocycles. The number of nitrogens with zero attached hydrogens (tertiary/aromatic N) is 1. The molecule has 0 spiro atoms. The van der Waals surface area contributed by atoms with Crippen LogP contribution >= 0.6 is 0 Å². The number of aryl methyl sites for hydroxylation is 2. The van der Waals surface area contributed by atoms with Crippen molar-refractivity contribution in [1.29, 1.82) is 5.26 Å². The minimum Gasteiger partial charge on any atom is -0.338 e. The number of rotatable bonds is 5. The maximum absolute atomic E-state index is 11.8. The number of carbonyl (C=O) groups is 1. The van der Waals surface area contributed by atoms with Crippen molar-refractivity contribution >= 4 is 5.91 Å². The average molecular weight is 244 g/mol. The molecule has 1 aromatic carbocycles. The lowest BCUT2D eigenvalue weighted by molar-refractivity contribution is -0.122. The number of carbonyl (C=O) groups excluding carboxylic acids is 1. The predicted molar refractivity (Wildman–Crippen MR) is 72.0 cm³/mol. The van der Waals surface area contributed by atoms with Crippen LogP contribution in [0.3, 0.4) is 0 Å². The van der Waals surface area contributed by atoms with Gasteiger partial charge in [-0.05, 0) is 32.3 Å². The third-order valence-corrected chi connectivity index (χ3v) is 3.09. The van der Waals surface area contributed by atoms with Crippen molar-refractivity contribution < 1.29 is 4.79 Å². The molecule has 1 unspecified atom stereocenters. The van der Waals surface area contributed by atoms with E-state index in [-0.39, 0.29) is 5.91 Å². The normalized spacial score (nSPS) is 13.4. The van der Waals surface area contributed by atoms with E-state index in [1.165, 1.54) is 5.56 Å². The van der Waals surface area contributed by atoms with Gasteiger partial charge in [0.1, 0.15) is 5.54 Å². The van der Waals surface area contributed by atoms with Crippen LogP contribution in [0.25, 0.3) is 0 Å². The number of amides is 1. The van der Waals surface area contributed by atoms with Crippen molar-refractivity contribution in [1.82, 2.24) is 5.32 Å². The summed E-state index contributed by atoms with van der Waals surface area (Å²) in [6.45, 7) is 5.68. The van der Waals surface area contributed by atoms with E-state index in [9.17, 15) is 4.79 Å². The fourth-order valence-electron chi connectivity index (χ4n) is 1.69. The SMILES string of the molecule is CCC(C)(C#N)NC(=O)CCc1cccc(C)c1. The van der Waals surface area contributed by atoms with E-state index in [4.69, 9.17) is 5.26 Å². The third kappa shape index (κ3) is 4.21. The zero-order valence-electron chi connectivity index (χ0n) is 11.3. The highest BCUT2D eigenvalue weighted by atomic mass is 16.1. The van der Waals surface area contributed by atoms with Gasteiger partial charge in [-0.15, -0.1) is 0 Å². The van der Waals surface area contributed by atoms with Crippen LogP contribution in [0.1, 0.15) is 37.8 Å². The number of hydrogen-bond acceptors (Lipinski definition) is 2. The fraction of sp³-hybridized carbons (Fsp3) is 0.467. The highest BCUT2D eigenvalue weighted by Gasteiger charge is 2.23. The van der Waals surface area contributed by atoms with Gasteiger partial charge in [-0.1, -0.05) is 36.8 Å². The summed E-state index contributed by atoms with van der Waals surface area (Å²) >= 11 is 0. The second-order valence-electron chi connectivity index (χ2n) is 4.83. The smallest absolute Gasteiger partial charge is 0.221 e. The van der Waals surface area contributed by atoms with Gasteiger partial charge in [0, 0.05) is 6.42 Å². The summed E-state index contributed by atoms with van der Waals surface area (Å²) in [4.78, 5) is 11.8. The maximum Gasteiger partial charge on any atom is 0.221 e. The minimum absolute atomic E-state index is 0.0672. The van der Waals surface area contributed by atoms with Crippen molar-refractivity contribution in [3.63, 3.8) is 0 Å². The summed E-state index contributed by atoms with van der Waals surface area (Å²) in [6, 6.07) is 10.3. The van der Waals surface area contributed by atoms with Crippen LogP contribution in [0, 0.1) is 18.3 Å². The molecular formula is C15H20N2O. The van der Waals surface area contributed by atoms with E-state index < -0.39 is 5.54 Å². The first-order chi connectivity index (χ1) is 8.49. The summed E-state index contributed by atoms with van der Waals surface area (Å²) in [5.41, 5.74) is 1.60. The summed E-state index contributed by atoms with van der Waals surface area (Å²) in [7, 11) is 0. The standard InChI is InChI=1S/C15H20N2O/c1-4-15(3,11-16)17-14(18)9-8-13-7-5-6-12(2)10-13/h5-7,10H,4,8-9H2,1-3H3,(H,17,18). The molecule has 0 aliphatic carbocycles. The molecule has 3 heteroatoms. The largest absolute Gasteiger partial charge is 0.338 e. The van der Waals surface area contributed by atoms with E-state index >= 15 is 0 Å². The topological polar surface area (TPSA) is 52.9 Å². The summed E-state index contributed by atoms with van der Waals surface area (Å²) in [5.74, 6) is -0.0672. The van der Waals surface area contributed by atoms with Crippen LogP contribution in [-0.2, 0) is 11.2 Å². The van der Waals surface area contributed by atoms with Crippen molar-refractivity contribution in [3.8, 4) is 6.07 Å². The number of benzene rings is 1. The molecule has 0 aliphatic heterocycles. The van der Waals surface area contributed by atoms with E-state index in [0.29, 0.717) is 19.3 Å². The molecule has 1 amide bonds. The zero-order valence-corrected chi connectivity index (χ0v) is 11.3. The third-order valence-electron chi connectivity index (χ3n) is 3.09. The van der Waals surface area contributed by atoms with E-state index in [1.54, 1.807) is 6.92 Å². The van der Waals surface area contributed by atoms with Crippen molar-refractivity contribution in [2.24, 2.45) is 0 Å². The molecular weight excluding hydrogens is 224 g/mol. The first-order valence-corrected chi connectivity index (χ1v) is 6.27. The number of nitrogens with one attached hydrogen (secondary N) is 1. The van der Waals surface area contributed by atoms with Gasteiger partial charge >= 0.3 is 0 Å². The Morgan fingerprint density at radius 2 is 2.22 bits per heavy atom. The second-order valence-corrected chi connectivity index (χ2v) is 4.83.